The summed E-state index contributed by atoms with van der Waals surface area (Å²) in [5.74, 6) is 2.37. The lowest BCUT2D eigenvalue weighted by molar-refractivity contribution is 0.222. The van der Waals surface area contributed by atoms with Gasteiger partial charge in [0, 0.05) is 23.5 Å². The van der Waals surface area contributed by atoms with Gasteiger partial charge in [0.05, 0.1) is 12.3 Å². The van der Waals surface area contributed by atoms with Crippen LogP contribution in [0.5, 0.6) is 11.5 Å². The lowest BCUT2D eigenvalue weighted by Gasteiger charge is -2.39. The molecule has 33 heavy (non-hydrogen) atoms. The zero-order valence-corrected chi connectivity index (χ0v) is 18.4. The summed E-state index contributed by atoms with van der Waals surface area (Å²) >= 11 is 0. The van der Waals surface area contributed by atoms with E-state index in [0.29, 0.717) is 12.6 Å². The van der Waals surface area contributed by atoms with Crippen molar-refractivity contribution in [1.29, 1.82) is 0 Å². The first-order valence-corrected chi connectivity index (χ1v) is 11.0. The minimum Gasteiger partial charge on any atom is -0.494 e. The molecule has 0 spiro atoms. The Balaban J connectivity index is 1.58. The maximum absolute atomic E-state index is 6.67. The number of nitrogens with zero attached hydrogens (tertiary/aromatic N) is 4. The zero-order chi connectivity index (χ0) is 22.4. The van der Waals surface area contributed by atoms with Gasteiger partial charge in [-0.1, -0.05) is 29.8 Å². The summed E-state index contributed by atoms with van der Waals surface area (Å²) in [4.78, 5) is 8.86. The topological polar surface area (TPSA) is 74.1 Å². The average Bonchev–Trinajstić information content (AvgIpc) is 3.32. The van der Waals surface area contributed by atoms with E-state index in [1.165, 1.54) is 0 Å². The van der Waals surface area contributed by atoms with Crippen molar-refractivity contribution < 1.29 is 9.47 Å². The van der Waals surface area contributed by atoms with Gasteiger partial charge in [-0.05, 0) is 55.3 Å². The van der Waals surface area contributed by atoms with Gasteiger partial charge in [-0.15, -0.1) is 0 Å². The normalized spacial score (nSPS) is 18.5. The summed E-state index contributed by atoms with van der Waals surface area (Å²) in [5.41, 5.74) is 6.33. The van der Waals surface area contributed by atoms with Crippen LogP contribution in [0.2, 0.25) is 0 Å². The van der Waals surface area contributed by atoms with Crippen molar-refractivity contribution in [1.82, 2.24) is 19.7 Å². The molecule has 0 radical (unpaired) electrons. The Morgan fingerprint density at radius 2 is 1.97 bits per heavy atom. The van der Waals surface area contributed by atoms with Crippen LogP contribution in [0.25, 0.3) is 5.70 Å². The Kier molecular flexibility index (Phi) is 4.61. The minimum atomic E-state index is -0.319. The molecular formula is C26H23N5O2. The van der Waals surface area contributed by atoms with Crippen molar-refractivity contribution in [3.8, 4) is 11.5 Å². The molecule has 2 atom stereocenters. The van der Waals surface area contributed by atoms with Crippen LogP contribution in [0.15, 0.2) is 78.9 Å². The molecule has 7 heteroatoms. The van der Waals surface area contributed by atoms with Gasteiger partial charge in [-0.3, -0.25) is 4.98 Å². The summed E-state index contributed by atoms with van der Waals surface area (Å²) < 4.78 is 14.2. The Morgan fingerprint density at radius 3 is 2.76 bits per heavy atom. The number of fused-ring (bicyclic) bond motifs is 3. The van der Waals surface area contributed by atoms with Crippen LogP contribution in [0.3, 0.4) is 0 Å². The molecule has 164 valence electrons. The van der Waals surface area contributed by atoms with Gasteiger partial charge < -0.3 is 14.8 Å². The molecule has 2 aromatic heterocycles. The van der Waals surface area contributed by atoms with Gasteiger partial charge in [-0.2, -0.15) is 10.1 Å². The van der Waals surface area contributed by atoms with E-state index in [-0.39, 0.29) is 12.1 Å². The molecule has 0 saturated heterocycles. The van der Waals surface area contributed by atoms with E-state index in [1.54, 1.807) is 12.5 Å². The quantitative estimate of drug-likeness (QED) is 0.487. The molecule has 0 bridgehead atoms. The zero-order valence-electron chi connectivity index (χ0n) is 18.4. The second-order valence-electron chi connectivity index (χ2n) is 8.17. The second-order valence-corrected chi connectivity index (χ2v) is 8.17. The Labute approximate surface area is 191 Å². The van der Waals surface area contributed by atoms with Gasteiger partial charge in [0.1, 0.15) is 30.0 Å². The van der Waals surface area contributed by atoms with E-state index in [4.69, 9.17) is 9.47 Å². The molecule has 1 N–H and O–H groups in total. The SMILES string of the molecule is CCOc1ccc(C2Oc3ccc(C)cc3C3=C2C(c2cccnc2)n2ncnc2N3)cc1. The first kappa shape index (κ1) is 19.5. The molecule has 2 aliphatic rings. The minimum absolute atomic E-state index is 0.210. The van der Waals surface area contributed by atoms with Crippen molar-refractivity contribution in [2.45, 2.75) is 26.0 Å². The molecule has 2 aliphatic heterocycles. The van der Waals surface area contributed by atoms with Crippen molar-refractivity contribution in [3.63, 3.8) is 0 Å². The number of hydrogen-bond donors (Lipinski definition) is 1. The van der Waals surface area contributed by atoms with E-state index in [2.05, 4.69) is 57.6 Å². The van der Waals surface area contributed by atoms with Crippen LogP contribution in [0.4, 0.5) is 5.95 Å². The molecular weight excluding hydrogens is 414 g/mol. The summed E-state index contributed by atoms with van der Waals surface area (Å²) in [5, 5.41) is 8.09. The summed E-state index contributed by atoms with van der Waals surface area (Å²) in [7, 11) is 0. The van der Waals surface area contributed by atoms with E-state index in [0.717, 1.165) is 45.0 Å². The molecule has 4 aromatic rings. The highest BCUT2D eigenvalue weighted by Crippen LogP contribution is 2.50. The fraction of sp³-hybridized carbons (Fsp3) is 0.192. The largest absolute Gasteiger partial charge is 0.494 e. The summed E-state index contributed by atoms with van der Waals surface area (Å²) in [6.45, 7) is 4.70. The predicted molar refractivity (Wildman–Crippen MR) is 125 cm³/mol. The molecule has 0 saturated carbocycles. The van der Waals surface area contributed by atoms with E-state index < -0.39 is 0 Å². The number of aromatic nitrogens is 4. The first-order chi connectivity index (χ1) is 16.2. The molecule has 2 aromatic carbocycles. The van der Waals surface area contributed by atoms with Crippen LogP contribution in [0.1, 0.15) is 41.3 Å². The number of hydrogen-bond acceptors (Lipinski definition) is 6. The van der Waals surface area contributed by atoms with Crippen LogP contribution < -0.4 is 14.8 Å². The lowest BCUT2D eigenvalue weighted by Crippen LogP contribution is -2.32. The van der Waals surface area contributed by atoms with Crippen LogP contribution in [-0.2, 0) is 0 Å². The molecule has 4 heterocycles. The highest BCUT2D eigenvalue weighted by molar-refractivity contribution is 5.85. The molecule has 6 rings (SSSR count). The number of ether oxygens (including phenoxy) is 2. The fourth-order valence-electron chi connectivity index (χ4n) is 4.62. The maximum Gasteiger partial charge on any atom is 0.226 e. The number of rotatable bonds is 4. The highest BCUT2D eigenvalue weighted by atomic mass is 16.5. The Hall–Kier alpha value is -4.13. The van der Waals surface area contributed by atoms with Gasteiger partial charge in [-0.25, -0.2) is 4.68 Å². The summed E-state index contributed by atoms with van der Waals surface area (Å²) in [6, 6.07) is 18.2. The van der Waals surface area contributed by atoms with E-state index >= 15 is 0 Å². The van der Waals surface area contributed by atoms with Crippen molar-refractivity contribution >= 4 is 11.6 Å². The third-order valence-corrected chi connectivity index (χ3v) is 6.06. The van der Waals surface area contributed by atoms with Crippen LogP contribution in [0, 0.1) is 6.92 Å². The highest BCUT2D eigenvalue weighted by Gasteiger charge is 2.41. The predicted octanol–water partition coefficient (Wildman–Crippen LogP) is 4.94. The monoisotopic (exact) mass is 437 g/mol. The molecule has 7 nitrogen and oxygen atoms in total. The van der Waals surface area contributed by atoms with Gasteiger partial charge >= 0.3 is 0 Å². The van der Waals surface area contributed by atoms with Gasteiger partial charge in [0.25, 0.3) is 0 Å². The van der Waals surface area contributed by atoms with E-state index in [1.807, 2.05) is 42.1 Å². The van der Waals surface area contributed by atoms with Crippen LogP contribution >= 0.6 is 0 Å². The second kappa shape index (κ2) is 7.78. The maximum atomic E-state index is 6.67. The average molecular weight is 438 g/mol. The number of anilines is 1. The standard InChI is InChI=1S/C26H23N5O2/c1-3-32-19-9-7-17(8-10-19)25-22-23(20-13-16(2)6-11-21(20)33-25)30-26-28-15-29-31(26)24(22)18-5-4-12-27-14-18/h4-15,24-25H,3H2,1-2H3,(H,28,29,30). The number of benzene rings is 2. The molecule has 0 amide bonds. The summed E-state index contributed by atoms with van der Waals surface area (Å²) in [6.07, 6.45) is 4.92. The Morgan fingerprint density at radius 1 is 1.09 bits per heavy atom. The van der Waals surface area contributed by atoms with Gasteiger partial charge in [0.2, 0.25) is 5.95 Å². The number of pyridine rings is 1. The number of nitrogens with one attached hydrogen (secondary N) is 1. The van der Waals surface area contributed by atoms with Crippen molar-refractivity contribution in [3.05, 3.63) is 101 Å². The van der Waals surface area contributed by atoms with Crippen molar-refractivity contribution in [2.24, 2.45) is 0 Å². The van der Waals surface area contributed by atoms with Crippen LogP contribution in [-0.4, -0.2) is 26.4 Å². The molecule has 2 unspecified atom stereocenters. The third kappa shape index (κ3) is 3.24. The third-order valence-electron chi connectivity index (χ3n) is 6.06. The fourth-order valence-corrected chi connectivity index (χ4v) is 4.62. The molecule has 0 aliphatic carbocycles. The lowest BCUT2D eigenvalue weighted by atomic mass is 9.85. The van der Waals surface area contributed by atoms with E-state index in [9.17, 15) is 0 Å². The van der Waals surface area contributed by atoms with Crippen molar-refractivity contribution in [2.75, 3.05) is 11.9 Å². The smallest absolute Gasteiger partial charge is 0.226 e. The van der Waals surface area contributed by atoms with Gasteiger partial charge in [0.15, 0.2) is 0 Å². The Bertz CT molecular complexity index is 1340. The molecule has 0 fully saturated rings. The first-order valence-electron chi connectivity index (χ1n) is 11.0. The number of aryl methyl sites for hydroxylation is 1.